The van der Waals surface area contributed by atoms with E-state index in [4.69, 9.17) is 19.4 Å². The second-order valence-electron chi connectivity index (χ2n) is 16.4. The van der Waals surface area contributed by atoms with E-state index in [1.165, 1.54) is 48.6 Å². The third kappa shape index (κ3) is 5.46. The third-order valence-electron chi connectivity index (χ3n) is 12.8. The lowest BCUT2D eigenvalue weighted by Crippen LogP contribution is -2.01. The van der Waals surface area contributed by atoms with Crippen molar-refractivity contribution in [1.82, 2.24) is 19.5 Å². The fourth-order valence-electron chi connectivity index (χ4n) is 9.89. The van der Waals surface area contributed by atoms with E-state index < -0.39 is 0 Å². The number of furan rings is 1. The van der Waals surface area contributed by atoms with Gasteiger partial charge in [-0.2, -0.15) is 0 Å². The molecule has 0 aliphatic rings. The van der Waals surface area contributed by atoms with Gasteiger partial charge in [-0.25, -0.2) is 9.97 Å². The molecule has 0 bridgehead atoms. The van der Waals surface area contributed by atoms with Gasteiger partial charge in [0.1, 0.15) is 16.9 Å². The smallest absolute Gasteiger partial charge is 0.160 e. The van der Waals surface area contributed by atoms with Gasteiger partial charge in [0.25, 0.3) is 0 Å². The van der Waals surface area contributed by atoms with Crippen LogP contribution in [0.25, 0.3) is 127 Å². The molecule has 0 spiro atoms. The van der Waals surface area contributed by atoms with Crippen LogP contribution in [0.2, 0.25) is 0 Å². The minimum Gasteiger partial charge on any atom is -0.456 e. The lowest BCUT2D eigenvalue weighted by molar-refractivity contribution is 0.668. The van der Waals surface area contributed by atoms with Gasteiger partial charge in [-0.05, 0) is 98.9 Å². The standard InChI is InChI=1S/C58H36N4O/c1-35-55(36-14-4-2-5-15-36)60-58(37-16-6-3-7-17-37)61-56(35)57-54-49-33-39(25-29-52(49)63-53(54)30-31-59-57)38-24-28-51-48(32-38)46-22-12-13-23-50(46)62(51)40-26-27-45-43-20-9-8-18-41(43)42-19-10-11-21-44(42)47(45)34-40/h2-34H,1H3. The molecule has 0 atom stereocenters. The average molecular weight is 805 g/mol. The molecule has 0 N–H and O–H groups in total. The maximum Gasteiger partial charge on any atom is 0.160 e. The van der Waals surface area contributed by atoms with Gasteiger partial charge in [-0.3, -0.25) is 4.98 Å². The maximum atomic E-state index is 6.55. The molecule has 0 amide bonds. The Morgan fingerprint density at radius 1 is 0.381 bits per heavy atom. The van der Waals surface area contributed by atoms with Crippen molar-refractivity contribution in [3.8, 4) is 50.8 Å². The lowest BCUT2D eigenvalue weighted by Gasteiger charge is -2.14. The zero-order valence-corrected chi connectivity index (χ0v) is 34.2. The average Bonchev–Trinajstić information content (AvgIpc) is 3.90. The SMILES string of the molecule is Cc1c(-c2ccccc2)nc(-c2ccccc2)nc1-c1nccc2oc3ccc(-c4ccc5c(c4)c4ccccc4n5-c4ccc5c6ccccc6c6ccccc6c5c4)cc3c12. The molecule has 0 saturated carbocycles. The van der Waals surface area contributed by atoms with Crippen LogP contribution < -0.4 is 0 Å². The summed E-state index contributed by atoms with van der Waals surface area (Å²) >= 11 is 0. The van der Waals surface area contributed by atoms with Crippen LogP contribution in [0.3, 0.4) is 0 Å². The fourth-order valence-corrected chi connectivity index (χ4v) is 9.89. The summed E-state index contributed by atoms with van der Waals surface area (Å²) in [7, 11) is 0. The van der Waals surface area contributed by atoms with Crippen LogP contribution in [0.4, 0.5) is 0 Å². The van der Waals surface area contributed by atoms with Crippen molar-refractivity contribution >= 4 is 76.1 Å². The Morgan fingerprint density at radius 3 is 1.68 bits per heavy atom. The minimum absolute atomic E-state index is 0.653. The van der Waals surface area contributed by atoms with Gasteiger partial charge >= 0.3 is 0 Å². The summed E-state index contributed by atoms with van der Waals surface area (Å²) < 4.78 is 8.97. The number of pyridine rings is 1. The molecule has 294 valence electrons. The molecule has 5 heteroatoms. The van der Waals surface area contributed by atoms with Gasteiger partial charge in [0.05, 0.1) is 27.8 Å². The Balaban J connectivity index is 0.984. The highest BCUT2D eigenvalue weighted by atomic mass is 16.3. The quantitative estimate of drug-likeness (QED) is 0.163. The monoisotopic (exact) mass is 804 g/mol. The van der Waals surface area contributed by atoms with Crippen molar-refractivity contribution in [3.05, 3.63) is 206 Å². The highest BCUT2D eigenvalue weighted by Crippen LogP contribution is 2.42. The van der Waals surface area contributed by atoms with Gasteiger partial charge in [-0.15, -0.1) is 0 Å². The molecule has 0 aliphatic carbocycles. The van der Waals surface area contributed by atoms with E-state index in [1.54, 1.807) is 0 Å². The van der Waals surface area contributed by atoms with Crippen molar-refractivity contribution in [1.29, 1.82) is 0 Å². The highest BCUT2D eigenvalue weighted by molar-refractivity contribution is 6.25. The van der Waals surface area contributed by atoms with Crippen molar-refractivity contribution in [2.45, 2.75) is 6.92 Å². The highest BCUT2D eigenvalue weighted by Gasteiger charge is 2.22. The zero-order valence-electron chi connectivity index (χ0n) is 34.2. The molecular weight excluding hydrogens is 769 g/mol. The van der Waals surface area contributed by atoms with E-state index in [0.717, 1.165) is 78.0 Å². The van der Waals surface area contributed by atoms with E-state index in [1.807, 2.05) is 48.7 Å². The van der Waals surface area contributed by atoms with Crippen molar-refractivity contribution in [2.24, 2.45) is 0 Å². The number of nitrogens with zero attached hydrogens (tertiary/aromatic N) is 4. The van der Waals surface area contributed by atoms with Crippen molar-refractivity contribution in [2.75, 3.05) is 0 Å². The van der Waals surface area contributed by atoms with Crippen LogP contribution >= 0.6 is 0 Å². The first-order chi connectivity index (χ1) is 31.2. The summed E-state index contributed by atoms with van der Waals surface area (Å²) in [5.41, 5.74) is 12.6. The number of aromatic nitrogens is 4. The Bertz CT molecular complexity index is 3940. The van der Waals surface area contributed by atoms with Crippen LogP contribution in [-0.2, 0) is 0 Å². The molecule has 13 rings (SSSR count). The molecule has 5 nitrogen and oxygen atoms in total. The molecule has 0 radical (unpaired) electrons. The summed E-state index contributed by atoms with van der Waals surface area (Å²) in [6.45, 7) is 2.09. The van der Waals surface area contributed by atoms with Crippen LogP contribution in [0.15, 0.2) is 205 Å². The first-order valence-corrected chi connectivity index (χ1v) is 21.3. The van der Waals surface area contributed by atoms with Gasteiger partial charge < -0.3 is 8.98 Å². The Hall–Kier alpha value is -8.41. The first-order valence-electron chi connectivity index (χ1n) is 21.3. The molecule has 0 unspecified atom stereocenters. The van der Waals surface area contributed by atoms with Crippen LogP contribution in [0.5, 0.6) is 0 Å². The molecule has 9 aromatic carbocycles. The summed E-state index contributed by atoms with van der Waals surface area (Å²) in [6, 6.07) is 69.0. The second-order valence-corrected chi connectivity index (χ2v) is 16.4. The Labute approximate surface area is 362 Å². The van der Waals surface area contributed by atoms with Gasteiger partial charge in [0.15, 0.2) is 5.82 Å². The summed E-state index contributed by atoms with van der Waals surface area (Å²) in [5.74, 6) is 0.653. The van der Waals surface area contributed by atoms with Crippen molar-refractivity contribution in [3.63, 3.8) is 0 Å². The number of para-hydroxylation sites is 1. The molecule has 0 saturated heterocycles. The van der Waals surface area contributed by atoms with E-state index in [2.05, 4.69) is 163 Å². The molecule has 4 heterocycles. The van der Waals surface area contributed by atoms with Gasteiger partial charge in [0, 0.05) is 44.7 Å². The number of rotatable bonds is 5. The number of hydrogen-bond donors (Lipinski definition) is 0. The van der Waals surface area contributed by atoms with Crippen molar-refractivity contribution < 1.29 is 4.42 Å². The van der Waals surface area contributed by atoms with Gasteiger partial charge in [-0.1, -0.05) is 146 Å². The maximum absolute atomic E-state index is 6.55. The second kappa shape index (κ2) is 13.8. The number of fused-ring (bicyclic) bond motifs is 12. The minimum atomic E-state index is 0.653. The summed E-state index contributed by atoms with van der Waals surface area (Å²) in [6.07, 6.45) is 1.82. The molecular formula is C58H36N4O. The summed E-state index contributed by atoms with van der Waals surface area (Å²) in [5, 5.41) is 11.9. The van der Waals surface area contributed by atoms with Crippen LogP contribution in [-0.4, -0.2) is 19.5 Å². The molecule has 63 heavy (non-hydrogen) atoms. The van der Waals surface area contributed by atoms with Crippen LogP contribution in [0, 0.1) is 6.92 Å². The topological polar surface area (TPSA) is 56.7 Å². The fraction of sp³-hybridized carbons (Fsp3) is 0.0172. The van der Waals surface area contributed by atoms with E-state index in [9.17, 15) is 0 Å². The Kier molecular flexibility index (Phi) is 7.75. The van der Waals surface area contributed by atoms with E-state index >= 15 is 0 Å². The molecule has 13 aromatic rings. The normalized spacial score (nSPS) is 11.9. The predicted molar refractivity (Wildman–Crippen MR) is 260 cm³/mol. The molecule has 4 aromatic heterocycles. The molecule has 0 fully saturated rings. The van der Waals surface area contributed by atoms with E-state index in [0.29, 0.717) is 5.82 Å². The van der Waals surface area contributed by atoms with Gasteiger partial charge in [0.2, 0.25) is 0 Å². The summed E-state index contributed by atoms with van der Waals surface area (Å²) in [4.78, 5) is 15.4. The third-order valence-corrected chi connectivity index (χ3v) is 12.8. The Morgan fingerprint density at radius 2 is 0.952 bits per heavy atom. The van der Waals surface area contributed by atoms with E-state index in [-0.39, 0.29) is 0 Å². The number of benzene rings is 9. The molecule has 0 aliphatic heterocycles. The zero-order chi connectivity index (χ0) is 41.6. The first kappa shape index (κ1) is 35.4. The van der Waals surface area contributed by atoms with Crippen LogP contribution in [0.1, 0.15) is 5.56 Å². The predicted octanol–water partition coefficient (Wildman–Crippen LogP) is 15.3. The largest absolute Gasteiger partial charge is 0.456 e. The number of hydrogen-bond acceptors (Lipinski definition) is 4. The lowest BCUT2D eigenvalue weighted by atomic mass is 9.94.